The molecular weight excluding hydrogens is 1580 g/mol. The highest BCUT2D eigenvalue weighted by molar-refractivity contribution is 7.86. The van der Waals surface area contributed by atoms with Crippen LogP contribution in [0.3, 0.4) is 0 Å². The molecule has 0 amide bonds. The zero-order valence-corrected chi connectivity index (χ0v) is 61.4. The summed E-state index contributed by atoms with van der Waals surface area (Å²) in [5, 5.41) is 198. The van der Waals surface area contributed by atoms with Gasteiger partial charge in [-0.05, 0) is 51.4 Å². The number of rotatable bonds is 31. The van der Waals surface area contributed by atoms with Crippen LogP contribution in [0.15, 0.2) is 0 Å². The van der Waals surface area contributed by atoms with Crippen molar-refractivity contribution in [1.82, 2.24) is 0 Å². The highest BCUT2D eigenvalue weighted by Crippen LogP contribution is 2.40. The van der Waals surface area contributed by atoms with E-state index >= 15 is 0 Å². The van der Waals surface area contributed by atoms with Gasteiger partial charge in [0.25, 0.3) is 40.5 Å². The molecule has 0 spiro atoms. The fourth-order valence-corrected chi connectivity index (χ4v) is 15.4. The lowest BCUT2D eigenvalue weighted by molar-refractivity contribution is -0.397. The lowest BCUT2D eigenvalue weighted by Gasteiger charge is -2.50. The molecule has 0 radical (unpaired) electrons. The van der Waals surface area contributed by atoms with Crippen LogP contribution in [0.2, 0.25) is 0 Å². The summed E-state index contributed by atoms with van der Waals surface area (Å²) in [7, 11) is -17.8. The predicted molar refractivity (Wildman–Crippen MR) is 346 cm³/mol. The Labute approximate surface area is 624 Å². The van der Waals surface area contributed by atoms with Crippen LogP contribution in [0.4, 0.5) is 0 Å². The van der Waals surface area contributed by atoms with Crippen LogP contribution in [-0.2, 0) is 126 Å². The summed E-state index contributed by atoms with van der Waals surface area (Å²) in [5.74, 6) is -2.80. The van der Waals surface area contributed by atoms with Crippen molar-refractivity contribution in [3.63, 3.8) is 0 Å². The molecule has 0 unspecified atom stereocenters. The molecule has 21 rings (SSSR count). The van der Waals surface area contributed by atoms with Crippen LogP contribution < -0.4 is 0 Å². The fourth-order valence-electron chi connectivity index (χ4n) is 13.1. The minimum atomic E-state index is -4.44. The average molecular weight is 1680 g/mol. The first kappa shape index (κ1) is 92.7. The van der Waals surface area contributed by atoms with Crippen molar-refractivity contribution in [3.05, 3.63) is 0 Å². The van der Waals surface area contributed by atoms with E-state index in [1.165, 1.54) is 0 Å². The molecular formula is C58H102O47S4. The number of hydrogen-bond acceptors (Lipinski definition) is 43. The third-order valence-corrected chi connectivity index (χ3v) is 22.2. The van der Waals surface area contributed by atoms with Gasteiger partial charge in [0.15, 0.2) is 44.0 Å². The van der Waals surface area contributed by atoms with Gasteiger partial charge >= 0.3 is 0 Å². The maximum Gasteiger partial charge on any atom is 0.264 e. The summed E-state index contributed by atoms with van der Waals surface area (Å²) < 4.78 is 235. The second kappa shape index (κ2) is 41.6. The van der Waals surface area contributed by atoms with E-state index in [0.717, 1.165) is 0 Å². The molecule has 14 bridgehead atoms. The van der Waals surface area contributed by atoms with Crippen LogP contribution in [0.1, 0.15) is 51.4 Å². The quantitative estimate of drug-likeness (QED) is 0.0226. The monoisotopic (exact) mass is 1680 g/mol. The van der Waals surface area contributed by atoms with Gasteiger partial charge in [-0.25, -0.2) is 0 Å². The molecule has 21 saturated heterocycles. The lowest BCUT2D eigenvalue weighted by atomic mass is 9.95. The Morgan fingerprint density at radius 3 is 0.505 bits per heavy atom. The summed E-state index contributed by atoms with van der Waals surface area (Å²) >= 11 is 0. The van der Waals surface area contributed by atoms with Gasteiger partial charge in [-0.15, -0.1) is 0 Å². The van der Waals surface area contributed by atoms with Gasteiger partial charge in [-0.2, -0.15) is 33.7 Å². The molecule has 21 fully saturated rings. The van der Waals surface area contributed by atoms with E-state index in [9.17, 15) is 139 Å². The first-order valence-electron chi connectivity index (χ1n) is 34.9. The maximum atomic E-state index is 12.0. The predicted octanol–water partition coefficient (Wildman–Crippen LogP) is -12.5. The molecule has 21 aliphatic heterocycles. The Balaban J connectivity index is 1.14. The first-order valence-corrected chi connectivity index (χ1v) is 41.3. The van der Waals surface area contributed by atoms with E-state index in [2.05, 4.69) is 0 Å². The molecule has 0 aromatic heterocycles. The summed E-state index contributed by atoms with van der Waals surface area (Å²) in [6, 6.07) is 0. The molecule has 35 atom stereocenters. The van der Waals surface area contributed by atoms with Gasteiger partial charge < -0.3 is 172 Å². The number of aliphatic hydroxyl groups is 17. The van der Waals surface area contributed by atoms with Crippen molar-refractivity contribution in [2.75, 3.05) is 95.7 Å². The molecule has 0 aromatic carbocycles. The van der Waals surface area contributed by atoms with Crippen molar-refractivity contribution in [1.29, 1.82) is 0 Å². The molecule has 0 saturated carbocycles. The summed E-state index contributed by atoms with van der Waals surface area (Å²) in [6.45, 7) is -7.62. The largest absolute Gasteiger partial charge is 0.394 e. The Morgan fingerprint density at radius 1 is 0.211 bits per heavy atom. The third-order valence-electron chi connectivity index (χ3n) is 19.0. The maximum absolute atomic E-state index is 12.0. The molecule has 640 valence electrons. The lowest BCUT2D eigenvalue weighted by Crippen LogP contribution is -2.68. The van der Waals surface area contributed by atoms with E-state index in [1.54, 1.807) is 0 Å². The van der Waals surface area contributed by atoms with Crippen LogP contribution >= 0.6 is 0 Å². The van der Waals surface area contributed by atoms with Gasteiger partial charge in [0, 0.05) is 26.4 Å². The zero-order valence-electron chi connectivity index (χ0n) is 58.1. The molecule has 21 N–H and O–H groups in total. The Hall–Kier alpha value is -1.76. The molecule has 0 aromatic rings. The Morgan fingerprint density at radius 2 is 0.358 bits per heavy atom. The number of hydrogen-bond donors (Lipinski definition) is 21. The van der Waals surface area contributed by atoms with Gasteiger partial charge in [0.2, 0.25) is 0 Å². The van der Waals surface area contributed by atoms with Crippen molar-refractivity contribution >= 4 is 40.5 Å². The molecule has 109 heavy (non-hydrogen) atoms. The van der Waals surface area contributed by atoms with Crippen molar-refractivity contribution < 1.29 is 224 Å². The average Bonchev–Trinajstić information content (AvgIpc) is 0.808. The smallest absolute Gasteiger partial charge is 0.264 e. The van der Waals surface area contributed by atoms with Crippen molar-refractivity contribution in [2.45, 2.75) is 266 Å². The third kappa shape index (κ3) is 25.6. The normalized spacial score (nSPS) is 43.2. The molecule has 21 heterocycles. The number of aliphatic hydroxyl groups excluding tert-OH is 17. The SMILES string of the molecule is O=S(=O)(O)CCCCOC[C@H]1O[C@@H]2O[C@H]3[C@H](O)[C@@H](O)[C@@H](O[C@H]4[C@H](O)[C@@H](O)[C@@H](O[C@H]5[C@H](O)[C@@H](O)[C@@H](O[C@H]6[C@H](O)[C@@H](O)[C@@H](O[C@H]7[C@H](O)[C@@H](O)[C@@H](O[C@H]8[C@H](O)[C@@H](O)[C@@H](O[C@H]1[C@H](O)[C@H]2O)O[C@@H]8CO)O[C@@H]7COCCCCS(=O)(=O)O)O[C@@H]6COCCCCS(=O)(=O)O)O[C@@H]5CO)O[C@@H]4CO)O[C@@H]3COCCCCS(=O)(=O)O. The van der Waals surface area contributed by atoms with Crippen LogP contribution in [0.25, 0.3) is 0 Å². The van der Waals surface area contributed by atoms with Gasteiger partial charge in [0.05, 0.1) is 69.3 Å². The van der Waals surface area contributed by atoms with Gasteiger partial charge in [0.1, 0.15) is 171 Å². The summed E-state index contributed by atoms with van der Waals surface area (Å²) in [5.41, 5.74) is 0. The molecule has 47 nitrogen and oxygen atoms in total. The molecule has 51 heteroatoms. The van der Waals surface area contributed by atoms with Crippen LogP contribution in [0.5, 0.6) is 0 Å². The second-order valence-electron chi connectivity index (χ2n) is 27.2. The molecule has 0 aliphatic carbocycles. The minimum Gasteiger partial charge on any atom is -0.394 e. The van der Waals surface area contributed by atoms with Gasteiger partial charge in [-0.1, -0.05) is 0 Å². The highest BCUT2D eigenvalue weighted by Gasteiger charge is 2.60. The summed E-state index contributed by atoms with van der Waals surface area (Å²) in [4.78, 5) is 0. The van der Waals surface area contributed by atoms with E-state index in [4.69, 9.17) is 85.3 Å². The van der Waals surface area contributed by atoms with Crippen LogP contribution in [0, 0.1) is 0 Å². The second-order valence-corrected chi connectivity index (χ2v) is 33.5. The topological polar surface area (TPSA) is 728 Å². The highest BCUT2D eigenvalue weighted by atomic mass is 32.2. The Kier molecular flexibility index (Phi) is 35.4. The minimum absolute atomic E-state index is 0.0524. The summed E-state index contributed by atoms with van der Waals surface area (Å²) in [6.07, 6.45) is -75.4. The number of unbranched alkanes of at least 4 members (excludes halogenated alkanes) is 4. The number of ether oxygens (including phenoxy) is 18. The first-order chi connectivity index (χ1) is 51.2. The fraction of sp³-hybridized carbons (Fsp3) is 1.00. The van der Waals surface area contributed by atoms with Crippen LogP contribution in [-0.4, -0.2) is 449 Å². The van der Waals surface area contributed by atoms with E-state index < -0.39 is 325 Å². The zero-order chi connectivity index (χ0) is 80.2. The van der Waals surface area contributed by atoms with Crippen molar-refractivity contribution in [2.24, 2.45) is 0 Å². The van der Waals surface area contributed by atoms with Crippen molar-refractivity contribution in [3.8, 4) is 0 Å². The van der Waals surface area contributed by atoms with E-state index in [1.807, 2.05) is 0 Å². The Bertz CT molecular complexity index is 3100. The standard InChI is InChI=1S/C58H102O47S4/c59-17-24-45-32(63)39(70)53(93-24)102-48-27(20-88-9-1-5-13-106(76,77)78)97-57(43(74)36(48)67)105-51-30(23-91-12-4-8-16-109(85,86)87)96-56(42(73)35(51)66)101-47-26(19-61)94-54(40(71)33(47)64)103-49-28(21-89-10-2-6-14-107(79,80)81)98-58(44(75)37(49)68)104-50-29(22-90-11-3-7-15-108(82,83)84)95-55(41(72)34(50)65)100-46-25(18-60)92-52(99-45)38(69)31(46)62/h24-75H,1-23H2,(H,76,77,78)(H,79,80,81)(H,82,83,84)(H,85,86,87)/t24-,25-,26-,27-,28-,29-,30-,31-,32-,33-,34-,35-,36-,37-,38-,39-,40-,41-,42-,43-,44-,45-,46-,47-,48-,49-,50-,51-,52-,53-,54-,55-,56-,57-,58-/m1/s1. The molecule has 21 aliphatic rings. The van der Waals surface area contributed by atoms with Gasteiger partial charge in [-0.3, -0.25) is 18.2 Å². The van der Waals surface area contributed by atoms with E-state index in [0.29, 0.717) is 0 Å². The van der Waals surface area contributed by atoms with E-state index in [-0.39, 0.29) is 77.8 Å².